The van der Waals surface area contributed by atoms with Gasteiger partial charge in [-0.2, -0.15) is 0 Å². The largest absolute Gasteiger partial charge is 0.396 e. The highest BCUT2D eigenvalue weighted by atomic mass is 16.6. The Kier molecular flexibility index (Phi) is 2.97. The van der Waals surface area contributed by atoms with E-state index in [1.165, 1.54) is 6.07 Å². The summed E-state index contributed by atoms with van der Waals surface area (Å²) in [5, 5.41) is 22.9. The number of aryl methyl sites for hydroxylation is 1. The highest BCUT2D eigenvalue weighted by Crippen LogP contribution is 2.44. The van der Waals surface area contributed by atoms with Crippen molar-refractivity contribution >= 4 is 11.5 Å². The molecule has 1 aliphatic carbocycles. The maximum absolute atomic E-state index is 10.6. The van der Waals surface area contributed by atoms with Crippen LogP contribution in [0.3, 0.4) is 0 Å². The van der Waals surface area contributed by atoms with E-state index in [-0.39, 0.29) is 17.7 Å². The summed E-state index contributed by atoms with van der Waals surface area (Å²) in [6, 6.07) is 3.04. The van der Waals surface area contributed by atoms with Crippen molar-refractivity contribution in [1.82, 2.24) is 4.98 Å². The molecule has 0 bridgehead atoms. The second kappa shape index (κ2) is 4.29. The fourth-order valence-electron chi connectivity index (χ4n) is 1.69. The predicted octanol–water partition coefficient (Wildman–Crippen LogP) is 1.48. The first-order valence-corrected chi connectivity index (χ1v) is 5.53. The molecule has 0 aromatic carbocycles. The number of aliphatic hydroxyl groups is 1. The van der Waals surface area contributed by atoms with Crippen LogP contribution in [-0.2, 0) is 0 Å². The van der Waals surface area contributed by atoms with E-state index in [4.69, 9.17) is 5.11 Å². The number of nitro groups is 1. The Bertz CT molecular complexity index is 444. The molecule has 1 fully saturated rings. The van der Waals surface area contributed by atoms with Crippen molar-refractivity contribution in [2.24, 2.45) is 5.41 Å². The second-order valence-electron chi connectivity index (χ2n) is 4.57. The lowest BCUT2D eigenvalue weighted by molar-refractivity contribution is -0.385. The van der Waals surface area contributed by atoms with Crippen molar-refractivity contribution in [3.05, 3.63) is 27.9 Å². The van der Waals surface area contributed by atoms with Gasteiger partial charge in [-0.1, -0.05) is 0 Å². The molecule has 0 radical (unpaired) electrons. The Morgan fingerprint density at radius 3 is 2.76 bits per heavy atom. The van der Waals surface area contributed by atoms with Gasteiger partial charge in [0.25, 0.3) is 5.69 Å². The molecule has 6 heteroatoms. The van der Waals surface area contributed by atoms with E-state index < -0.39 is 4.92 Å². The average molecular weight is 237 g/mol. The minimum atomic E-state index is -0.442. The predicted molar refractivity (Wildman–Crippen MR) is 62.9 cm³/mol. The molecule has 0 atom stereocenters. The summed E-state index contributed by atoms with van der Waals surface area (Å²) >= 11 is 0. The molecule has 2 N–H and O–H groups in total. The molecule has 0 spiro atoms. The first-order chi connectivity index (χ1) is 8.06. The van der Waals surface area contributed by atoms with Gasteiger partial charge in [0.15, 0.2) is 0 Å². The van der Waals surface area contributed by atoms with Crippen molar-refractivity contribution in [2.75, 3.05) is 18.5 Å². The summed E-state index contributed by atoms with van der Waals surface area (Å²) in [6.45, 7) is 2.45. The molecule has 2 rings (SSSR count). The van der Waals surface area contributed by atoms with Crippen molar-refractivity contribution in [3.63, 3.8) is 0 Å². The molecule has 1 heterocycles. The van der Waals surface area contributed by atoms with Gasteiger partial charge in [-0.3, -0.25) is 10.1 Å². The molecule has 0 amide bonds. The minimum absolute atomic E-state index is 0.00262. The third-order valence-corrected chi connectivity index (χ3v) is 3.19. The molecule has 92 valence electrons. The zero-order valence-electron chi connectivity index (χ0n) is 9.64. The summed E-state index contributed by atoms with van der Waals surface area (Å²) in [4.78, 5) is 14.3. The Labute approximate surface area is 98.8 Å². The van der Waals surface area contributed by atoms with Crippen LogP contribution in [0.2, 0.25) is 0 Å². The number of rotatable bonds is 5. The summed E-state index contributed by atoms with van der Waals surface area (Å²) in [7, 11) is 0. The molecule has 6 nitrogen and oxygen atoms in total. The smallest absolute Gasteiger partial charge is 0.290 e. The Balaban J connectivity index is 2.03. The van der Waals surface area contributed by atoms with Crippen LogP contribution in [0.1, 0.15) is 18.5 Å². The van der Waals surface area contributed by atoms with E-state index in [9.17, 15) is 10.1 Å². The monoisotopic (exact) mass is 237 g/mol. The van der Waals surface area contributed by atoms with Gasteiger partial charge >= 0.3 is 0 Å². The highest BCUT2D eigenvalue weighted by Gasteiger charge is 2.41. The lowest BCUT2D eigenvalue weighted by Gasteiger charge is -2.13. The quantitative estimate of drug-likeness (QED) is 0.598. The van der Waals surface area contributed by atoms with Gasteiger partial charge in [0.2, 0.25) is 0 Å². The lowest BCUT2D eigenvalue weighted by Crippen LogP contribution is -2.19. The van der Waals surface area contributed by atoms with Crippen LogP contribution in [0.25, 0.3) is 0 Å². The summed E-state index contributed by atoms with van der Waals surface area (Å²) < 4.78 is 0. The fraction of sp³-hybridized carbons (Fsp3) is 0.545. The topological polar surface area (TPSA) is 88.3 Å². The number of nitrogens with zero attached hydrogens (tertiary/aromatic N) is 2. The maximum Gasteiger partial charge on any atom is 0.290 e. The van der Waals surface area contributed by atoms with E-state index in [1.807, 2.05) is 0 Å². The van der Waals surface area contributed by atoms with E-state index in [0.29, 0.717) is 18.1 Å². The van der Waals surface area contributed by atoms with Gasteiger partial charge in [0, 0.05) is 18.0 Å². The van der Waals surface area contributed by atoms with Crippen LogP contribution in [0.15, 0.2) is 12.1 Å². The number of aliphatic hydroxyl groups excluding tert-OH is 1. The second-order valence-corrected chi connectivity index (χ2v) is 4.57. The molecule has 0 aliphatic heterocycles. The molecule has 1 saturated carbocycles. The van der Waals surface area contributed by atoms with Crippen LogP contribution in [0.4, 0.5) is 11.5 Å². The SMILES string of the molecule is Cc1nc(NCC2(CO)CC2)ccc1[N+](=O)[O-]. The zero-order valence-corrected chi connectivity index (χ0v) is 9.64. The molecule has 1 aromatic rings. The van der Waals surface area contributed by atoms with E-state index >= 15 is 0 Å². The summed E-state index contributed by atoms with van der Waals surface area (Å²) in [6.07, 6.45) is 2.03. The first kappa shape index (κ1) is 11.8. The highest BCUT2D eigenvalue weighted by molar-refractivity contribution is 5.45. The van der Waals surface area contributed by atoms with Gasteiger partial charge in [0.05, 0.1) is 11.5 Å². The number of aromatic nitrogens is 1. The van der Waals surface area contributed by atoms with E-state index in [1.54, 1.807) is 13.0 Å². The summed E-state index contributed by atoms with van der Waals surface area (Å²) in [5.74, 6) is 0.618. The molecular weight excluding hydrogens is 222 g/mol. The van der Waals surface area contributed by atoms with Crippen LogP contribution in [-0.4, -0.2) is 28.2 Å². The van der Waals surface area contributed by atoms with Crippen LogP contribution in [0.5, 0.6) is 0 Å². The molecule has 17 heavy (non-hydrogen) atoms. The van der Waals surface area contributed by atoms with E-state index in [0.717, 1.165) is 12.8 Å². The minimum Gasteiger partial charge on any atom is -0.396 e. The first-order valence-electron chi connectivity index (χ1n) is 5.53. The number of anilines is 1. The van der Waals surface area contributed by atoms with Crippen LogP contribution >= 0.6 is 0 Å². The van der Waals surface area contributed by atoms with Crippen molar-refractivity contribution < 1.29 is 10.0 Å². The molecular formula is C11H15N3O3. The lowest BCUT2D eigenvalue weighted by atomic mass is 10.1. The van der Waals surface area contributed by atoms with Gasteiger partial charge < -0.3 is 10.4 Å². The van der Waals surface area contributed by atoms with Gasteiger partial charge in [0.1, 0.15) is 11.5 Å². The fourth-order valence-corrected chi connectivity index (χ4v) is 1.69. The van der Waals surface area contributed by atoms with Gasteiger partial charge in [-0.15, -0.1) is 0 Å². The zero-order chi connectivity index (χ0) is 12.5. The van der Waals surface area contributed by atoms with Gasteiger partial charge in [-0.25, -0.2) is 4.98 Å². The maximum atomic E-state index is 10.6. The van der Waals surface area contributed by atoms with E-state index in [2.05, 4.69) is 10.3 Å². The molecule has 0 saturated heterocycles. The third kappa shape index (κ3) is 2.52. The van der Waals surface area contributed by atoms with Gasteiger partial charge in [-0.05, 0) is 25.8 Å². The van der Waals surface area contributed by atoms with Crippen LogP contribution < -0.4 is 5.32 Å². The van der Waals surface area contributed by atoms with Crippen LogP contribution in [0, 0.1) is 22.5 Å². The summed E-state index contributed by atoms with van der Waals surface area (Å²) in [5.41, 5.74) is 0.421. The molecule has 1 aromatic heterocycles. The van der Waals surface area contributed by atoms with Crippen molar-refractivity contribution in [2.45, 2.75) is 19.8 Å². The standard InChI is InChI=1S/C11H15N3O3/c1-8-9(14(16)17)2-3-10(13-8)12-6-11(7-15)4-5-11/h2-3,15H,4-7H2,1H3,(H,12,13). The number of hydrogen-bond acceptors (Lipinski definition) is 5. The normalized spacial score (nSPS) is 16.6. The molecule has 1 aliphatic rings. The Morgan fingerprint density at radius 2 is 2.29 bits per heavy atom. The Morgan fingerprint density at radius 1 is 1.59 bits per heavy atom. The number of pyridine rings is 1. The Hall–Kier alpha value is -1.69. The average Bonchev–Trinajstić information content (AvgIpc) is 3.07. The van der Waals surface area contributed by atoms with Crippen molar-refractivity contribution in [3.8, 4) is 0 Å². The number of nitrogens with one attached hydrogen (secondary N) is 1. The molecule has 0 unspecified atom stereocenters. The third-order valence-electron chi connectivity index (χ3n) is 3.19. The number of hydrogen-bond donors (Lipinski definition) is 2. The van der Waals surface area contributed by atoms with Crippen molar-refractivity contribution in [1.29, 1.82) is 0 Å².